The average Bonchev–Trinajstić information content (AvgIpc) is 2.76. The highest BCUT2D eigenvalue weighted by molar-refractivity contribution is 5.85. The van der Waals surface area contributed by atoms with Crippen LogP contribution in [0.5, 0.6) is 0 Å². The van der Waals surface area contributed by atoms with Crippen LogP contribution in [0.25, 0.3) is 0 Å². The highest BCUT2D eigenvalue weighted by atomic mass is 16.1. The zero-order valence-corrected chi connectivity index (χ0v) is 13.3. The molecule has 5 saturated carbocycles. The maximum atomic E-state index is 13.1. The molecule has 0 amide bonds. The van der Waals surface area contributed by atoms with Gasteiger partial charge in [0.15, 0.2) is 0 Å². The zero-order valence-electron chi connectivity index (χ0n) is 13.3. The predicted molar refractivity (Wildman–Crippen MR) is 81.4 cm³/mol. The number of ketones is 1. The van der Waals surface area contributed by atoms with Gasteiger partial charge in [-0.15, -0.1) is 0 Å². The lowest BCUT2D eigenvalue weighted by Crippen LogP contribution is -2.57. The number of rotatable bonds is 3. The Bertz CT molecular complexity index is 413. The monoisotopic (exact) mass is 274 g/mol. The summed E-state index contributed by atoms with van der Waals surface area (Å²) in [6.07, 6.45) is 14.2. The fraction of sp³-hybridized carbons (Fsp3) is 0.947. The first-order valence-electron chi connectivity index (χ1n) is 8.94. The largest absolute Gasteiger partial charge is 0.299 e. The topological polar surface area (TPSA) is 17.1 Å². The Kier molecular flexibility index (Phi) is 2.74. The van der Waals surface area contributed by atoms with Gasteiger partial charge in [-0.25, -0.2) is 0 Å². The van der Waals surface area contributed by atoms with Crippen LogP contribution >= 0.6 is 0 Å². The van der Waals surface area contributed by atoms with Gasteiger partial charge in [-0.05, 0) is 61.2 Å². The molecular formula is C19H30O. The molecule has 0 aromatic heterocycles. The van der Waals surface area contributed by atoms with Crippen LogP contribution in [0.15, 0.2) is 0 Å². The van der Waals surface area contributed by atoms with E-state index in [0.717, 1.165) is 18.3 Å². The summed E-state index contributed by atoms with van der Waals surface area (Å²) < 4.78 is 0. The fourth-order valence-electron chi connectivity index (χ4n) is 7.45. The molecule has 0 N–H and O–H groups in total. The van der Waals surface area contributed by atoms with E-state index in [9.17, 15) is 4.79 Å². The van der Waals surface area contributed by atoms with E-state index in [4.69, 9.17) is 0 Å². The van der Waals surface area contributed by atoms with Crippen molar-refractivity contribution < 1.29 is 4.79 Å². The third kappa shape index (κ3) is 1.99. The van der Waals surface area contributed by atoms with Crippen molar-refractivity contribution >= 4 is 5.78 Å². The summed E-state index contributed by atoms with van der Waals surface area (Å²) in [7, 11) is 0. The molecule has 0 saturated heterocycles. The highest BCUT2D eigenvalue weighted by Crippen LogP contribution is 2.70. The molecule has 5 aliphatic carbocycles. The number of carbonyl (C=O) groups is 1. The lowest BCUT2D eigenvalue weighted by Gasteiger charge is -2.65. The molecule has 1 heteroatoms. The molecule has 0 radical (unpaired) electrons. The van der Waals surface area contributed by atoms with Crippen LogP contribution in [0.1, 0.15) is 84.5 Å². The van der Waals surface area contributed by atoms with Crippen LogP contribution in [0.2, 0.25) is 0 Å². The Morgan fingerprint density at radius 1 is 0.950 bits per heavy atom. The van der Waals surface area contributed by atoms with Crippen molar-refractivity contribution in [2.45, 2.75) is 84.5 Å². The van der Waals surface area contributed by atoms with E-state index in [-0.39, 0.29) is 5.41 Å². The summed E-state index contributed by atoms with van der Waals surface area (Å²) >= 11 is 0. The first-order chi connectivity index (χ1) is 9.41. The molecule has 0 aromatic rings. The zero-order chi connectivity index (χ0) is 14.0. The molecule has 0 spiro atoms. The third-order valence-corrected chi connectivity index (χ3v) is 7.17. The van der Waals surface area contributed by atoms with E-state index in [0.29, 0.717) is 16.6 Å². The van der Waals surface area contributed by atoms with Crippen molar-refractivity contribution in [3.05, 3.63) is 0 Å². The van der Waals surface area contributed by atoms with Crippen molar-refractivity contribution in [3.63, 3.8) is 0 Å². The average molecular weight is 274 g/mol. The number of hydrogen-bond donors (Lipinski definition) is 0. The van der Waals surface area contributed by atoms with E-state index >= 15 is 0 Å². The van der Waals surface area contributed by atoms with E-state index in [2.05, 4.69) is 13.8 Å². The van der Waals surface area contributed by atoms with Crippen molar-refractivity contribution in [2.75, 3.05) is 0 Å². The Labute approximate surface area is 123 Å². The molecule has 0 heterocycles. The minimum absolute atomic E-state index is 0.103. The maximum absolute atomic E-state index is 13.1. The second kappa shape index (κ2) is 4.11. The third-order valence-electron chi connectivity index (χ3n) is 7.17. The Balaban J connectivity index is 1.58. The second-order valence-electron chi connectivity index (χ2n) is 9.69. The van der Waals surface area contributed by atoms with E-state index < -0.39 is 0 Å². The van der Waals surface area contributed by atoms with Gasteiger partial charge in [-0.2, -0.15) is 0 Å². The molecule has 0 aromatic carbocycles. The molecule has 5 aliphatic rings. The Morgan fingerprint density at radius 3 is 2.10 bits per heavy atom. The molecule has 0 aliphatic heterocycles. The van der Waals surface area contributed by atoms with Crippen LogP contribution in [0.3, 0.4) is 0 Å². The fourth-order valence-corrected chi connectivity index (χ4v) is 7.45. The van der Waals surface area contributed by atoms with Crippen LogP contribution in [0, 0.1) is 28.1 Å². The van der Waals surface area contributed by atoms with Crippen LogP contribution < -0.4 is 0 Å². The minimum atomic E-state index is 0.103. The molecule has 5 rings (SSSR count). The summed E-state index contributed by atoms with van der Waals surface area (Å²) in [6, 6.07) is 0. The molecular weight excluding hydrogens is 244 g/mol. The van der Waals surface area contributed by atoms with E-state index in [1.165, 1.54) is 64.2 Å². The first-order valence-corrected chi connectivity index (χ1v) is 8.94. The lowest BCUT2D eigenvalue weighted by atomic mass is 9.39. The number of carbonyl (C=O) groups excluding carboxylic acids is 1. The van der Waals surface area contributed by atoms with Gasteiger partial charge < -0.3 is 0 Å². The summed E-state index contributed by atoms with van der Waals surface area (Å²) in [4.78, 5) is 13.1. The summed E-state index contributed by atoms with van der Waals surface area (Å²) in [6.45, 7) is 4.96. The first kappa shape index (κ1) is 13.3. The molecule has 112 valence electrons. The predicted octanol–water partition coefficient (Wildman–Crippen LogP) is 5.13. The highest BCUT2D eigenvalue weighted by Gasteiger charge is 2.62. The summed E-state index contributed by atoms with van der Waals surface area (Å²) in [5.41, 5.74) is 1.07. The van der Waals surface area contributed by atoms with Crippen molar-refractivity contribution in [1.29, 1.82) is 0 Å². The molecule has 5 fully saturated rings. The van der Waals surface area contributed by atoms with E-state index in [1.54, 1.807) is 0 Å². The van der Waals surface area contributed by atoms with Gasteiger partial charge in [0, 0.05) is 11.8 Å². The normalized spacial score (nSPS) is 50.8. The van der Waals surface area contributed by atoms with E-state index in [1.807, 2.05) is 0 Å². The number of Topliss-reactive ketones (excluding diaryl/α,β-unsaturated/α-hetero) is 1. The van der Waals surface area contributed by atoms with Gasteiger partial charge in [0.05, 0.1) is 0 Å². The van der Waals surface area contributed by atoms with Gasteiger partial charge in [0.1, 0.15) is 5.78 Å². The van der Waals surface area contributed by atoms with Crippen LogP contribution in [0.4, 0.5) is 0 Å². The van der Waals surface area contributed by atoms with Crippen molar-refractivity contribution in [1.82, 2.24) is 0 Å². The number of hydrogen-bond acceptors (Lipinski definition) is 1. The van der Waals surface area contributed by atoms with Gasteiger partial charge >= 0.3 is 0 Å². The van der Waals surface area contributed by atoms with Crippen LogP contribution in [-0.2, 0) is 4.79 Å². The molecule has 2 unspecified atom stereocenters. The molecule has 20 heavy (non-hydrogen) atoms. The summed E-state index contributed by atoms with van der Waals surface area (Å²) in [5, 5.41) is 0. The van der Waals surface area contributed by atoms with Crippen LogP contribution in [-0.4, -0.2) is 5.78 Å². The molecule has 2 atom stereocenters. The quantitative estimate of drug-likeness (QED) is 0.697. The Hall–Kier alpha value is -0.330. The summed E-state index contributed by atoms with van der Waals surface area (Å²) in [5.74, 6) is 2.26. The standard InChI is InChI=1S/C19H30O/c1-17-8-15-9-18(2,11-17)13-19(10-15,12-17)16(20)7-14-5-3-4-6-14/h14-15H,3-13H2,1-2H3. The molecule has 4 bridgehead atoms. The van der Waals surface area contributed by atoms with Gasteiger partial charge in [-0.3, -0.25) is 4.79 Å². The lowest BCUT2D eigenvalue weighted by molar-refractivity contribution is -0.168. The Morgan fingerprint density at radius 2 is 1.55 bits per heavy atom. The SMILES string of the molecule is CC12CC3CC(C)(C1)CC(C(=O)CC1CCCC1)(C3)C2. The van der Waals surface area contributed by atoms with Gasteiger partial charge in [0.25, 0.3) is 0 Å². The molecule has 1 nitrogen and oxygen atoms in total. The minimum Gasteiger partial charge on any atom is -0.299 e. The van der Waals surface area contributed by atoms with Crippen molar-refractivity contribution in [2.24, 2.45) is 28.1 Å². The van der Waals surface area contributed by atoms with Crippen molar-refractivity contribution in [3.8, 4) is 0 Å². The maximum Gasteiger partial charge on any atom is 0.139 e. The second-order valence-corrected chi connectivity index (χ2v) is 9.69. The van der Waals surface area contributed by atoms with Gasteiger partial charge in [-0.1, -0.05) is 39.5 Å². The smallest absolute Gasteiger partial charge is 0.139 e. The van der Waals surface area contributed by atoms with Gasteiger partial charge in [0.2, 0.25) is 0 Å².